The molecule has 0 saturated carbocycles. The number of aromatic nitrogens is 2. The van der Waals surface area contributed by atoms with Gasteiger partial charge in [0, 0.05) is 25.5 Å². The Morgan fingerprint density at radius 1 is 1.50 bits per heavy atom. The molecule has 1 atom stereocenters. The van der Waals surface area contributed by atoms with Crippen LogP contribution < -0.4 is 5.32 Å². The molecule has 0 aliphatic carbocycles. The van der Waals surface area contributed by atoms with Crippen molar-refractivity contribution >= 4 is 0 Å². The third-order valence-corrected chi connectivity index (χ3v) is 2.97. The van der Waals surface area contributed by atoms with Gasteiger partial charge in [0.05, 0.1) is 6.54 Å². The Balaban J connectivity index is 2.29. The van der Waals surface area contributed by atoms with Crippen LogP contribution in [0.1, 0.15) is 32.5 Å². The molecule has 4 heteroatoms. The maximum atomic E-state index is 8.89. The molecule has 1 rings (SSSR count). The smallest absolute Gasteiger partial charge is 0.122 e. The van der Waals surface area contributed by atoms with Crippen LogP contribution in [-0.4, -0.2) is 27.8 Å². The number of aliphatic hydroxyl groups excluding tert-OH is 1. The standard InChI is InChI=1S/C12H23N3O/c1-3-11(5-8-16)9-13-10-12-14-6-7-15(12)4-2/h6-7,11,13,16H,3-5,8-10H2,1-2H3. The van der Waals surface area contributed by atoms with E-state index in [2.05, 4.69) is 28.7 Å². The van der Waals surface area contributed by atoms with Crippen LogP contribution in [0.25, 0.3) is 0 Å². The highest BCUT2D eigenvalue weighted by Crippen LogP contribution is 2.06. The number of hydrogen-bond donors (Lipinski definition) is 2. The number of aliphatic hydroxyl groups is 1. The fourth-order valence-electron chi connectivity index (χ4n) is 1.82. The van der Waals surface area contributed by atoms with Crippen molar-refractivity contribution in [2.45, 2.75) is 39.8 Å². The van der Waals surface area contributed by atoms with E-state index in [1.165, 1.54) is 0 Å². The Bertz CT molecular complexity index is 286. The highest BCUT2D eigenvalue weighted by atomic mass is 16.3. The van der Waals surface area contributed by atoms with Gasteiger partial charge in [-0.15, -0.1) is 0 Å². The first-order valence-electron chi connectivity index (χ1n) is 6.13. The quantitative estimate of drug-likeness (QED) is 0.703. The lowest BCUT2D eigenvalue weighted by atomic mass is 10.0. The molecule has 0 fully saturated rings. The Kier molecular flexibility index (Phi) is 6.11. The van der Waals surface area contributed by atoms with Crippen molar-refractivity contribution in [1.82, 2.24) is 14.9 Å². The van der Waals surface area contributed by atoms with Crippen molar-refractivity contribution in [1.29, 1.82) is 0 Å². The van der Waals surface area contributed by atoms with Crippen LogP contribution in [0.4, 0.5) is 0 Å². The number of aryl methyl sites for hydroxylation is 1. The molecule has 0 radical (unpaired) electrons. The van der Waals surface area contributed by atoms with E-state index in [0.29, 0.717) is 5.92 Å². The fourth-order valence-corrected chi connectivity index (χ4v) is 1.82. The predicted molar refractivity (Wildman–Crippen MR) is 65.1 cm³/mol. The molecule has 0 amide bonds. The van der Waals surface area contributed by atoms with E-state index in [4.69, 9.17) is 5.11 Å². The Labute approximate surface area is 97.7 Å². The summed E-state index contributed by atoms with van der Waals surface area (Å²) >= 11 is 0. The minimum absolute atomic E-state index is 0.282. The minimum Gasteiger partial charge on any atom is -0.396 e. The maximum Gasteiger partial charge on any atom is 0.122 e. The van der Waals surface area contributed by atoms with Gasteiger partial charge >= 0.3 is 0 Å². The lowest BCUT2D eigenvalue weighted by molar-refractivity contribution is 0.251. The van der Waals surface area contributed by atoms with Crippen LogP contribution in [0.15, 0.2) is 12.4 Å². The number of imidazole rings is 1. The molecule has 92 valence electrons. The molecule has 0 aromatic carbocycles. The van der Waals surface area contributed by atoms with Gasteiger partial charge in [0.15, 0.2) is 0 Å². The van der Waals surface area contributed by atoms with E-state index < -0.39 is 0 Å². The molecule has 1 heterocycles. The monoisotopic (exact) mass is 225 g/mol. The summed E-state index contributed by atoms with van der Waals surface area (Å²) in [6, 6.07) is 0. The maximum absolute atomic E-state index is 8.89. The van der Waals surface area contributed by atoms with Crippen LogP contribution in [0.5, 0.6) is 0 Å². The molecule has 4 nitrogen and oxygen atoms in total. The molecule has 0 spiro atoms. The predicted octanol–water partition coefficient (Wildman–Crippen LogP) is 1.40. The minimum atomic E-state index is 0.282. The first-order valence-corrected chi connectivity index (χ1v) is 6.13. The van der Waals surface area contributed by atoms with E-state index in [0.717, 1.165) is 38.3 Å². The summed E-state index contributed by atoms with van der Waals surface area (Å²) in [5.41, 5.74) is 0. The van der Waals surface area contributed by atoms with E-state index in [1.54, 1.807) is 0 Å². The first-order chi connectivity index (χ1) is 7.81. The highest BCUT2D eigenvalue weighted by Gasteiger charge is 2.06. The topological polar surface area (TPSA) is 50.1 Å². The van der Waals surface area contributed by atoms with Crippen LogP contribution in [0.2, 0.25) is 0 Å². The largest absolute Gasteiger partial charge is 0.396 e. The Morgan fingerprint density at radius 2 is 2.31 bits per heavy atom. The molecular formula is C12H23N3O. The second-order valence-electron chi connectivity index (χ2n) is 4.05. The molecule has 0 aliphatic heterocycles. The molecular weight excluding hydrogens is 202 g/mol. The van der Waals surface area contributed by atoms with Crippen LogP contribution >= 0.6 is 0 Å². The number of nitrogens with zero attached hydrogens (tertiary/aromatic N) is 2. The average molecular weight is 225 g/mol. The first kappa shape index (κ1) is 13.2. The van der Waals surface area contributed by atoms with Crippen molar-refractivity contribution in [3.63, 3.8) is 0 Å². The fraction of sp³-hybridized carbons (Fsp3) is 0.750. The molecule has 1 aromatic rings. The second kappa shape index (κ2) is 7.41. The van der Waals surface area contributed by atoms with Crippen molar-refractivity contribution in [3.8, 4) is 0 Å². The van der Waals surface area contributed by atoms with Crippen molar-refractivity contribution < 1.29 is 5.11 Å². The van der Waals surface area contributed by atoms with E-state index >= 15 is 0 Å². The molecule has 1 unspecified atom stereocenters. The van der Waals surface area contributed by atoms with Gasteiger partial charge in [-0.1, -0.05) is 13.3 Å². The van der Waals surface area contributed by atoms with Gasteiger partial charge in [-0.25, -0.2) is 4.98 Å². The van der Waals surface area contributed by atoms with E-state index in [-0.39, 0.29) is 6.61 Å². The van der Waals surface area contributed by atoms with Crippen LogP contribution in [0.3, 0.4) is 0 Å². The molecule has 0 saturated heterocycles. The second-order valence-corrected chi connectivity index (χ2v) is 4.05. The number of hydrogen-bond acceptors (Lipinski definition) is 3. The van der Waals surface area contributed by atoms with Gasteiger partial charge in [0.1, 0.15) is 5.82 Å². The lowest BCUT2D eigenvalue weighted by Crippen LogP contribution is -2.24. The summed E-state index contributed by atoms with van der Waals surface area (Å²) in [6.45, 7) is 7.28. The molecule has 2 N–H and O–H groups in total. The summed E-state index contributed by atoms with van der Waals surface area (Å²) in [5.74, 6) is 1.65. The third kappa shape index (κ3) is 3.94. The lowest BCUT2D eigenvalue weighted by Gasteiger charge is -2.14. The summed E-state index contributed by atoms with van der Waals surface area (Å²) < 4.78 is 2.14. The van der Waals surface area contributed by atoms with E-state index in [1.807, 2.05) is 12.4 Å². The van der Waals surface area contributed by atoms with E-state index in [9.17, 15) is 0 Å². The average Bonchev–Trinajstić information content (AvgIpc) is 2.75. The highest BCUT2D eigenvalue weighted by molar-refractivity contribution is 4.91. The number of rotatable bonds is 8. The van der Waals surface area contributed by atoms with Crippen molar-refractivity contribution in [2.24, 2.45) is 5.92 Å². The third-order valence-electron chi connectivity index (χ3n) is 2.97. The van der Waals surface area contributed by atoms with Gasteiger partial charge < -0.3 is 15.0 Å². The van der Waals surface area contributed by atoms with Gasteiger partial charge in [-0.05, 0) is 25.8 Å². The SMILES string of the molecule is CCC(CCO)CNCc1nccn1CC. The normalized spacial score (nSPS) is 12.9. The number of nitrogens with one attached hydrogen (secondary N) is 1. The van der Waals surface area contributed by atoms with Gasteiger partial charge in [-0.3, -0.25) is 0 Å². The van der Waals surface area contributed by atoms with Crippen LogP contribution in [0, 0.1) is 5.92 Å². The Hall–Kier alpha value is -0.870. The molecule has 0 aliphatic rings. The van der Waals surface area contributed by atoms with Gasteiger partial charge in [-0.2, -0.15) is 0 Å². The zero-order valence-electron chi connectivity index (χ0n) is 10.3. The zero-order chi connectivity index (χ0) is 11.8. The summed E-state index contributed by atoms with van der Waals surface area (Å²) in [4.78, 5) is 4.31. The van der Waals surface area contributed by atoms with Crippen molar-refractivity contribution in [2.75, 3.05) is 13.2 Å². The zero-order valence-corrected chi connectivity index (χ0v) is 10.3. The van der Waals surface area contributed by atoms with Gasteiger partial charge in [0.25, 0.3) is 0 Å². The van der Waals surface area contributed by atoms with Crippen molar-refractivity contribution in [3.05, 3.63) is 18.2 Å². The Morgan fingerprint density at radius 3 is 2.94 bits per heavy atom. The summed E-state index contributed by atoms with van der Waals surface area (Å²) in [6.07, 6.45) is 5.83. The van der Waals surface area contributed by atoms with Crippen LogP contribution in [-0.2, 0) is 13.1 Å². The molecule has 1 aromatic heterocycles. The molecule has 0 bridgehead atoms. The summed E-state index contributed by atoms with van der Waals surface area (Å²) in [7, 11) is 0. The molecule has 16 heavy (non-hydrogen) atoms. The summed E-state index contributed by atoms with van der Waals surface area (Å²) in [5, 5.41) is 12.3. The van der Waals surface area contributed by atoms with Gasteiger partial charge in [0.2, 0.25) is 0 Å².